The van der Waals surface area contributed by atoms with Gasteiger partial charge in [0.2, 0.25) is 5.78 Å². The number of anilines is 1. The van der Waals surface area contributed by atoms with E-state index in [1.54, 1.807) is 7.11 Å². The number of ketones is 1. The molecule has 0 heterocycles. The first-order chi connectivity index (χ1) is 12.7. The number of hydrogen-bond acceptors (Lipinski definition) is 4. The van der Waals surface area contributed by atoms with Crippen LogP contribution in [0.5, 0.6) is 5.75 Å². The number of nitrogens with one attached hydrogen (secondary N) is 2. The van der Waals surface area contributed by atoms with Crippen LogP contribution in [-0.4, -0.2) is 23.7 Å². The molecule has 0 fully saturated rings. The molecule has 0 radical (unpaired) electrons. The maximum atomic E-state index is 12.7. The zero-order valence-corrected chi connectivity index (χ0v) is 14.8. The molecule has 0 unspecified atom stereocenters. The monoisotopic (exact) mass is 361 g/mol. The summed E-state index contributed by atoms with van der Waals surface area (Å²) in [6.45, 7) is 0. The Kier molecular flexibility index (Phi) is 4.10. The van der Waals surface area contributed by atoms with Gasteiger partial charge in [0.05, 0.1) is 7.11 Å². The normalized spacial score (nSPS) is 13.9. The van der Waals surface area contributed by atoms with E-state index in [-0.39, 0.29) is 5.78 Å². The van der Waals surface area contributed by atoms with E-state index in [1.165, 1.54) is 0 Å². The number of nitrogens with zero attached hydrogens (tertiary/aromatic N) is 1. The van der Waals surface area contributed by atoms with E-state index in [0.29, 0.717) is 16.4 Å². The third-order valence-corrected chi connectivity index (χ3v) is 4.41. The Bertz CT molecular complexity index is 1070. The molecule has 1 aliphatic rings. The van der Waals surface area contributed by atoms with Crippen molar-refractivity contribution in [2.45, 2.75) is 0 Å². The molecule has 2 N–H and O–H groups in total. The highest BCUT2D eigenvalue weighted by Gasteiger charge is 2.28. The van der Waals surface area contributed by atoms with Gasteiger partial charge in [0.15, 0.2) is 5.11 Å². The van der Waals surface area contributed by atoms with E-state index < -0.39 is 0 Å². The highest BCUT2D eigenvalue weighted by molar-refractivity contribution is 7.80. The molecule has 0 spiro atoms. The molecule has 26 heavy (non-hydrogen) atoms. The summed E-state index contributed by atoms with van der Waals surface area (Å²) in [6.07, 6.45) is 0. The molecule has 0 saturated carbocycles. The van der Waals surface area contributed by atoms with Crippen molar-refractivity contribution in [2.75, 3.05) is 12.4 Å². The number of Topliss-reactive ketones (excluding diaryl/α,β-unsaturated/α-hetero) is 1. The minimum Gasteiger partial charge on any atom is -0.497 e. The topological polar surface area (TPSA) is 62.7 Å². The van der Waals surface area contributed by atoms with E-state index in [9.17, 15) is 4.79 Å². The number of rotatable bonds is 3. The van der Waals surface area contributed by atoms with Crippen LogP contribution in [0.1, 0.15) is 15.9 Å². The van der Waals surface area contributed by atoms with Crippen LogP contribution in [0.15, 0.2) is 65.8 Å². The first-order valence-corrected chi connectivity index (χ1v) is 8.44. The van der Waals surface area contributed by atoms with Crippen molar-refractivity contribution < 1.29 is 9.53 Å². The fraction of sp³-hybridized carbons (Fsp3) is 0.0500. The number of carbonyl (C=O) groups is 1. The fourth-order valence-corrected chi connectivity index (χ4v) is 3.22. The average molecular weight is 361 g/mol. The maximum absolute atomic E-state index is 12.7. The van der Waals surface area contributed by atoms with Crippen LogP contribution < -0.4 is 15.5 Å². The molecule has 6 heteroatoms. The minimum absolute atomic E-state index is 0.103. The van der Waals surface area contributed by atoms with E-state index in [0.717, 1.165) is 27.8 Å². The Balaban J connectivity index is 1.57. The third-order valence-electron chi connectivity index (χ3n) is 4.22. The van der Waals surface area contributed by atoms with Crippen molar-refractivity contribution in [2.24, 2.45) is 5.10 Å². The third kappa shape index (κ3) is 2.80. The number of ether oxygens (including phenoxy) is 1. The largest absolute Gasteiger partial charge is 0.497 e. The number of methoxy groups -OCH3 is 1. The van der Waals surface area contributed by atoms with Gasteiger partial charge in [-0.2, -0.15) is 5.10 Å². The molecule has 0 aliphatic heterocycles. The summed E-state index contributed by atoms with van der Waals surface area (Å²) >= 11 is 5.28. The quantitative estimate of drug-likeness (QED) is 0.550. The highest BCUT2D eigenvalue weighted by Crippen LogP contribution is 2.30. The molecule has 0 amide bonds. The molecule has 3 aromatic rings. The molecule has 3 aromatic carbocycles. The van der Waals surface area contributed by atoms with Crippen LogP contribution in [-0.2, 0) is 0 Å². The van der Waals surface area contributed by atoms with Crippen LogP contribution in [0, 0.1) is 0 Å². The van der Waals surface area contributed by atoms with Crippen LogP contribution in [0.4, 0.5) is 5.69 Å². The van der Waals surface area contributed by atoms with Crippen molar-refractivity contribution in [3.05, 3.63) is 71.8 Å². The van der Waals surface area contributed by atoms with E-state index in [1.807, 2.05) is 60.7 Å². The Morgan fingerprint density at radius 1 is 1.04 bits per heavy atom. The van der Waals surface area contributed by atoms with Crippen molar-refractivity contribution in [1.29, 1.82) is 0 Å². The second-order valence-electron chi connectivity index (χ2n) is 5.80. The lowest BCUT2D eigenvalue weighted by Gasteiger charge is -2.09. The second-order valence-corrected chi connectivity index (χ2v) is 6.20. The Labute approximate surface area is 155 Å². The fourth-order valence-electron chi connectivity index (χ4n) is 3.05. The summed E-state index contributed by atoms with van der Waals surface area (Å²) in [5.41, 5.74) is 5.39. The van der Waals surface area contributed by atoms with Crippen LogP contribution in [0.25, 0.3) is 10.8 Å². The molecule has 1 aliphatic carbocycles. The van der Waals surface area contributed by atoms with E-state index >= 15 is 0 Å². The average Bonchev–Trinajstić information content (AvgIpc) is 2.94. The van der Waals surface area contributed by atoms with Gasteiger partial charge in [0.25, 0.3) is 0 Å². The molecule has 0 atom stereocenters. The Morgan fingerprint density at radius 2 is 1.77 bits per heavy atom. The van der Waals surface area contributed by atoms with E-state index in [4.69, 9.17) is 17.0 Å². The van der Waals surface area contributed by atoms with Gasteiger partial charge < -0.3 is 10.1 Å². The van der Waals surface area contributed by atoms with Gasteiger partial charge in [-0.1, -0.05) is 42.5 Å². The van der Waals surface area contributed by atoms with Crippen molar-refractivity contribution in [3.8, 4) is 5.75 Å². The lowest BCUT2D eigenvalue weighted by Crippen LogP contribution is -2.26. The van der Waals surface area contributed by atoms with Gasteiger partial charge in [-0.3, -0.25) is 10.2 Å². The number of benzene rings is 3. The molecular formula is C20H15N3O2S. The predicted octanol–water partition coefficient (Wildman–Crippen LogP) is 3.74. The van der Waals surface area contributed by atoms with E-state index in [2.05, 4.69) is 15.8 Å². The molecule has 5 nitrogen and oxygen atoms in total. The van der Waals surface area contributed by atoms with Gasteiger partial charge in [0, 0.05) is 28.3 Å². The molecular weight excluding hydrogens is 346 g/mol. The Morgan fingerprint density at radius 3 is 2.54 bits per heavy atom. The van der Waals surface area contributed by atoms with Crippen LogP contribution in [0.2, 0.25) is 0 Å². The second kappa shape index (κ2) is 6.57. The zero-order chi connectivity index (χ0) is 18.1. The minimum atomic E-state index is -0.103. The summed E-state index contributed by atoms with van der Waals surface area (Å²) in [4.78, 5) is 12.7. The van der Waals surface area contributed by atoms with Crippen LogP contribution >= 0.6 is 12.2 Å². The van der Waals surface area contributed by atoms with Gasteiger partial charge in [-0.25, -0.2) is 0 Å². The molecule has 128 valence electrons. The van der Waals surface area contributed by atoms with Crippen molar-refractivity contribution >= 4 is 45.3 Å². The lowest BCUT2D eigenvalue weighted by atomic mass is 10.1. The zero-order valence-electron chi connectivity index (χ0n) is 13.9. The number of thiocarbonyl (C=S) groups is 1. The summed E-state index contributed by atoms with van der Waals surface area (Å²) in [5.74, 6) is 0.616. The van der Waals surface area contributed by atoms with Gasteiger partial charge in [0.1, 0.15) is 11.5 Å². The summed E-state index contributed by atoms with van der Waals surface area (Å²) < 4.78 is 5.18. The van der Waals surface area contributed by atoms with Gasteiger partial charge in [-0.15, -0.1) is 0 Å². The maximum Gasteiger partial charge on any atom is 0.214 e. The first kappa shape index (κ1) is 16.2. The summed E-state index contributed by atoms with van der Waals surface area (Å²) in [7, 11) is 1.60. The Hall–Kier alpha value is -3.25. The molecule has 0 bridgehead atoms. The highest BCUT2D eigenvalue weighted by atomic mass is 32.1. The predicted molar refractivity (Wildman–Crippen MR) is 107 cm³/mol. The first-order valence-electron chi connectivity index (χ1n) is 8.03. The summed E-state index contributed by atoms with van der Waals surface area (Å²) in [6, 6.07) is 18.9. The van der Waals surface area contributed by atoms with Crippen molar-refractivity contribution in [1.82, 2.24) is 5.43 Å². The molecule has 4 rings (SSSR count). The lowest BCUT2D eigenvalue weighted by molar-refractivity contribution is 0.106. The summed E-state index contributed by atoms with van der Waals surface area (Å²) in [5, 5.41) is 9.54. The number of hydrazone groups is 1. The standard InChI is InChI=1S/C20H15N3O2S/c1-25-14-8-4-7-13(11-14)21-20(26)23-22-18-15-9-2-5-12-6-3-10-16(17(12)15)19(18)24/h2-11H,1H3,(H2,21,23,26)/b22-18-. The van der Waals surface area contributed by atoms with Crippen molar-refractivity contribution in [3.63, 3.8) is 0 Å². The van der Waals surface area contributed by atoms with Crippen LogP contribution in [0.3, 0.4) is 0 Å². The number of hydrogen-bond donors (Lipinski definition) is 2. The van der Waals surface area contributed by atoms with Gasteiger partial charge >= 0.3 is 0 Å². The molecule has 0 saturated heterocycles. The number of carbonyl (C=O) groups excluding carboxylic acids is 1. The SMILES string of the molecule is COc1cccc(NC(=S)N/N=C2\C(=O)c3cccc4cccc2c34)c1. The molecule has 0 aromatic heterocycles. The smallest absolute Gasteiger partial charge is 0.214 e. The van der Waals surface area contributed by atoms with Gasteiger partial charge in [-0.05, 0) is 29.7 Å².